The van der Waals surface area contributed by atoms with Gasteiger partial charge in [0.1, 0.15) is 0 Å². The second-order valence-electron chi connectivity index (χ2n) is 7.71. The average Bonchev–Trinajstić information content (AvgIpc) is 2.74. The number of hydrogen-bond donors (Lipinski definition) is 0. The number of hydrogen-bond acceptors (Lipinski definition) is 3. The molecule has 2 fully saturated rings. The molecule has 0 bridgehead atoms. The van der Waals surface area contributed by atoms with Gasteiger partial charge in [0.05, 0.1) is 0 Å². The van der Waals surface area contributed by atoms with Gasteiger partial charge >= 0.3 is 0 Å². The molecule has 4 rings (SSSR count). The molecule has 0 saturated carbocycles. The maximum absolute atomic E-state index is 12.7. The minimum Gasteiger partial charge on any atom is -0.372 e. The average molecular weight is 364 g/mol. The van der Waals surface area contributed by atoms with Crippen LogP contribution in [0.1, 0.15) is 35.2 Å². The van der Waals surface area contributed by atoms with E-state index in [1.807, 2.05) is 36.1 Å². The molecule has 0 aromatic heterocycles. The summed E-state index contributed by atoms with van der Waals surface area (Å²) in [5.41, 5.74) is 4.53. The molecule has 0 N–H and O–H groups in total. The summed E-state index contributed by atoms with van der Waals surface area (Å²) in [7, 11) is 0. The number of aryl methyl sites for hydroxylation is 1. The van der Waals surface area contributed by atoms with Crippen LogP contribution in [0.5, 0.6) is 0 Å². The molecule has 2 aliphatic heterocycles. The van der Waals surface area contributed by atoms with Crippen molar-refractivity contribution in [3.05, 3.63) is 59.7 Å². The van der Waals surface area contributed by atoms with Crippen molar-refractivity contribution in [2.75, 3.05) is 49.1 Å². The van der Waals surface area contributed by atoms with Crippen molar-refractivity contribution >= 4 is 17.3 Å². The van der Waals surface area contributed by atoms with Gasteiger partial charge in [-0.05, 0) is 62.6 Å². The Labute approximate surface area is 162 Å². The molecular formula is C23H29N3O. The van der Waals surface area contributed by atoms with E-state index in [-0.39, 0.29) is 5.91 Å². The predicted octanol–water partition coefficient (Wildman–Crippen LogP) is 3.95. The van der Waals surface area contributed by atoms with Gasteiger partial charge in [0, 0.05) is 56.2 Å². The quantitative estimate of drug-likeness (QED) is 0.826. The van der Waals surface area contributed by atoms with E-state index >= 15 is 0 Å². The van der Waals surface area contributed by atoms with Crippen molar-refractivity contribution in [1.29, 1.82) is 0 Å². The molecule has 142 valence electrons. The smallest absolute Gasteiger partial charge is 0.253 e. The third-order valence-electron chi connectivity index (χ3n) is 5.77. The SMILES string of the molecule is Cc1cccc(C(=O)N2CCN(c3ccc(N4CCCCC4)cc3)CC2)c1. The first-order valence-corrected chi connectivity index (χ1v) is 10.2. The highest BCUT2D eigenvalue weighted by atomic mass is 16.2. The standard InChI is InChI=1S/C23H29N3O/c1-19-6-5-7-20(18-19)23(27)26-16-14-25(15-17-26)22-10-8-21(9-11-22)24-12-3-2-4-13-24/h5-11,18H,2-4,12-17H2,1H3. The summed E-state index contributed by atoms with van der Waals surface area (Å²) < 4.78 is 0. The van der Waals surface area contributed by atoms with Crippen molar-refractivity contribution in [3.63, 3.8) is 0 Å². The van der Waals surface area contributed by atoms with E-state index < -0.39 is 0 Å². The maximum Gasteiger partial charge on any atom is 0.253 e. The summed E-state index contributed by atoms with van der Waals surface area (Å²) in [5, 5.41) is 0. The van der Waals surface area contributed by atoms with E-state index in [1.54, 1.807) is 0 Å². The lowest BCUT2D eigenvalue weighted by Gasteiger charge is -2.36. The molecule has 0 spiro atoms. The number of carbonyl (C=O) groups is 1. The molecule has 2 heterocycles. The molecule has 4 heteroatoms. The van der Waals surface area contributed by atoms with Crippen LogP contribution < -0.4 is 9.80 Å². The monoisotopic (exact) mass is 363 g/mol. The van der Waals surface area contributed by atoms with Gasteiger partial charge in [-0.2, -0.15) is 0 Å². The molecule has 0 radical (unpaired) electrons. The molecule has 0 aliphatic carbocycles. The Morgan fingerprint density at radius 2 is 1.33 bits per heavy atom. The zero-order valence-electron chi connectivity index (χ0n) is 16.2. The van der Waals surface area contributed by atoms with Crippen molar-refractivity contribution in [3.8, 4) is 0 Å². The summed E-state index contributed by atoms with van der Waals surface area (Å²) in [4.78, 5) is 19.6. The van der Waals surface area contributed by atoms with E-state index in [4.69, 9.17) is 0 Å². The molecule has 4 nitrogen and oxygen atoms in total. The minimum absolute atomic E-state index is 0.152. The second kappa shape index (κ2) is 8.03. The Hall–Kier alpha value is -2.49. The van der Waals surface area contributed by atoms with Crippen LogP contribution in [-0.4, -0.2) is 50.1 Å². The summed E-state index contributed by atoms with van der Waals surface area (Å²) in [6.07, 6.45) is 3.97. The van der Waals surface area contributed by atoms with Crippen LogP contribution in [0.25, 0.3) is 0 Å². The van der Waals surface area contributed by atoms with E-state index in [1.165, 1.54) is 43.7 Å². The number of amides is 1. The number of benzene rings is 2. The largest absolute Gasteiger partial charge is 0.372 e. The van der Waals surface area contributed by atoms with Gasteiger partial charge in [0.25, 0.3) is 5.91 Å². The molecule has 27 heavy (non-hydrogen) atoms. The highest BCUT2D eigenvalue weighted by Crippen LogP contribution is 2.24. The zero-order valence-corrected chi connectivity index (χ0v) is 16.2. The van der Waals surface area contributed by atoms with E-state index in [0.29, 0.717) is 0 Å². The van der Waals surface area contributed by atoms with Crippen LogP contribution in [0.2, 0.25) is 0 Å². The van der Waals surface area contributed by atoms with Crippen molar-refractivity contribution < 1.29 is 4.79 Å². The molecule has 2 aromatic carbocycles. The molecule has 1 amide bonds. The summed E-state index contributed by atoms with van der Waals surface area (Å²) in [6, 6.07) is 16.9. The summed E-state index contributed by atoms with van der Waals surface area (Å²) in [5.74, 6) is 0.152. The third-order valence-corrected chi connectivity index (χ3v) is 5.77. The molecular weight excluding hydrogens is 334 g/mol. The van der Waals surface area contributed by atoms with Crippen LogP contribution in [0.3, 0.4) is 0 Å². The first kappa shape index (κ1) is 17.9. The van der Waals surface area contributed by atoms with E-state index in [9.17, 15) is 4.79 Å². The number of carbonyl (C=O) groups excluding carboxylic acids is 1. The van der Waals surface area contributed by atoms with Crippen LogP contribution in [0.4, 0.5) is 11.4 Å². The lowest BCUT2D eigenvalue weighted by atomic mass is 10.1. The highest BCUT2D eigenvalue weighted by Gasteiger charge is 2.22. The number of nitrogens with zero attached hydrogens (tertiary/aromatic N) is 3. The Morgan fingerprint density at radius 1 is 0.741 bits per heavy atom. The van der Waals surface area contributed by atoms with Crippen molar-refractivity contribution in [2.24, 2.45) is 0 Å². The fraction of sp³-hybridized carbons (Fsp3) is 0.435. The van der Waals surface area contributed by atoms with E-state index in [0.717, 1.165) is 37.3 Å². The minimum atomic E-state index is 0.152. The Balaban J connectivity index is 1.35. The van der Waals surface area contributed by atoms with Gasteiger partial charge in [-0.3, -0.25) is 4.79 Å². The lowest BCUT2D eigenvalue weighted by molar-refractivity contribution is 0.0746. The molecule has 2 aromatic rings. The van der Waals surface area contributed by atoms with Crippen LogP contribution >= 0.6 is 0 Å². The van der Waals surface area contributed by atoms with Crippen molar-refractivity contribution in [1.82, 2.24) is 4.90 Å². The van der Waals surface area contributed by atoms with E-state index in [2.05, 4.69) is 34.1 Å². The van der Waals surface area contributed by atoms with Gasteiger partial charge in [0.2, 0.25) is 0 Å². The molecule has 0 unspecified atom stereocenters. The fourth-order valence-electron chi connectivity index (χ4n) is 4.15. The molecule has 0 atom stereocenters. The fourth-order valence-corrected chi connectivity index (χ4v) is 4.15. The lowest BCUT2D eigenvalue weighted by Crippen LogP contribution is -2.48. The highest BCUT2D eigenvalue weighted by molar-refractivity contribution is 5.94. The topological polar surface area (TPSA) is 26.8 Å². The summed E-state index contributed by atoms with van der Waals surface area (Å²) >= 11 is 0. The number of piperazine rings is 1. The summed E-state index contributed by atoms with van der Waals surface area (Å²) in [6.45, 7) is 7.73. The zero-order chi connectivity index (χ0) is 18.6. The third kappa shape index (κ3) is 4.10. The second-order valence-corrected chi connectivity index (χ2v) is 7.71. The van der Waals surface area contributed by atoms with Crippen LogP contribution in [-0.2, 0) is 0 Å². The van der Waals surface area contributed by atoms with Gasteiger partial charge in [-0.15, -0.1) is 0 Å². The van der Waals surface area contributed by atoms with Crippen LogP contribution in [0.15, 0.2) is 48.5 Å². The first-order valence-electron chi connectivity index (χ1n) is 10.2. The van der Waals surface area contributed by atoms with Gasteiger partial charge in [-0.25, -0.2) is 0 Å². The van der Waals surface area contributed by atoms with Gasteiger partial charge in [0.15, 0.2) is 0 Å². The normalized spacial score (nSPS) is 17.9. The number of anilines is 2. The number of rotatable bonds is 3. The van der Waals surface area contributed by atoms with Gasteiger partial charge in [-0.1, -0.05) is 17.7 Å². The Kier molecular flexibility index (Phi) is 5.33. The molecule has 2 aliphatic rings. The predicted molar refractivity (Wildman–Crippen MR) is 112 cm³/mol. The van der Waals surface area contributed by atoms with Crippen molar-refractivity contribution in [2.45, 2.75) is 26.2 Å². The Morgan fingerprint density at radius 3 is 1.93 bits per heavy atom. The molecule has 2 saturated heterocycles. The first-order chi connectivity index (χ1) is 13.2. The number of piperidine rings is 1. The van der Waals surface area contributed by atoms with Gasteiger partial charge < -0.3 is 14.7 Å². The Bertz CT molecular complexity index is 772. The maximum atomic E-state index is 12.7. The van der Waals surface area contributed by atoms with Crippen LogP contribution in [0, 0.1) is 6.92 Å².